The maximum atomic E-state index is 10.8. The van der Waals surface area contributed by atoms with Crippen molar-refractivity contribution in [3.63, 3.8) is 0 Å². The van der Waals surface area contributed by atoms with Crippen LogP contribution < -0.4 is 5.48 Å². The molecule has 1 aromatic carbocycles. The van der Waals surface area contributed by atoms with E-state index in [4.69, 9.17) is 5.21 Å². The van der Waals surface area contributed by atoms with Gasteiger partial charge in [0.25, 0.3) is 5.91 Å². The SMILES string of the molecule is Cc1nc2cc(C=CC(=O)NO)ccc2n1C. The molecule has 2 aromatic rings. The Morgan fingerprint density at radius 2 is 2.29 bits per heavy atom. The number of hydrogen-bond acceptors (Lipinski definition) is 3. The molecule has 0 aliphatic rings. The van der Waals surface area contributed by atoms with Gasteiger partial charge < -0.3 is 4.57 Å². The summed E-state index contributed by atoms with van der Waals surface area (Å²) in [4.78, 5) is 15.2. The fraction of sp³-hybridized carbons (Fsp3) is 0.167. The van der Waals surface area contributed by atoms with Crippen molar-refractivity contribution in [1.29, 1.82) is 0 Å². The number of benzene rings is 1. The number of imidazole rings is 1. The van der Waals surface area contributed by atoms with Crippen LogP contribution >= 0.6 is 0 Å². The molecule has 0 spiro atoms. The largest absolute Gasteiger partial charge is 0.331 e. The minimum atomic E-state index is -0.553. The summed E-state index contributed by atoms with van der Waals surface area (Å²) in [6.07, 6.45) is 2.88. The lowest BCUT2D eigenvalue weighted by Gasteiger charge is -1.97. The van der Waals surface area contributed by atoms with Crippen LogP contribution in [0.5, 0.6) is 0 Å². The fourth-order valence-electron chi connectivity index (χ4n) is 1.65. The van der Waals surface area contributed by atoms with Crippen molar-refractivity contribution < 1.29 is 10.0 Å². The average molecular weight is 231 g/mol. The minimum absolute atomic E-state index is 0.553. The Morgan fingerprint density at radius 1 is 1.53 bits per heavy atom. The van der Waals surface area contributed by atoms with Gasteiger partial charge in [0, 0.05) is 13.1 Å². The third-order valence-electron chi connectivity index (χ3n) is 2.67. The van der Waals surface area contributed by atoms with Gasteiger partial charge in [-0.15, -0.1) is 0 Å². The summed E-state index contributed by atoms with van der Waals surface area (Å²) >= 11 is 0. The minimum Gasteiger partial charge on any atom is -0.331 e. The maximum absolute atomic E-state index is 10.8. The van der Waals surface area contributed by atoms with Gasteiger partial charge in [0.05, 0.1) is 11.0 Å². The molecule has 0 atom stereocenters. The number of nitrogens with zero attached hydrogens (tertiary/aromatic N) is 2. The molecular formula is C12H13N3O2. The Kier molecular flexibility index (Phi) is 2.93. The first-order valence-electron chi connectivity index (χ1n) is 5.17. The monoisotopic (exact) mass is 231 g/mol. The lowest BCUT2D eigenvalue weighted by Crippen LogP contribution is -2.14. The second kappa shape index (κ2) is 4.39. The third-order valence-corrected chi connectivity index (χ3v) is 2.67. The van der Waals surface area contributed by atoms with E-state index in [1.165, 1.54) is 6.08 Å². The van der Waals surface area contributed by atoms with E-state index in [0.717, 1.165) is 22.4 Å². The van der Waals surface area contributed by atoms with Gasteiger partial charge in [0.1, 0.15) is 5.82 Å². The molecule has 0 saturated heterocycles. The van der Waals surface area contributed by atoms with Gasteiger partial charge in [-0.05, 0) is 30.7 Å². The van der Waals surface area contributed by atoms with Gasteiger partial charge in [-0.1, -0.05) is 6.07 Å². The van der Waals surface area contributed by atoms with Gasteiger partial charge >= 0.3 is 0 Å². The highest BCUT2D eigenvalue weighted by Crippen LogP contribution is 2.17. The summed E-state index contributed by atoms with van der Waals surface area (Å²) in [5, 5.41) is 8.36. The van der Waals surface area contributed by atoms with Crippen LogP contribution in [0.15, 0.2) is 24.3 Å². The normalized spacial score (nSPS) is 11.2. The van der Waals surface area contributed by atoms with Crippen LogP contribution in [0.25, 0.3) is 17.1 Å². The summed E-state index contributed by atoms with van der Waals surface area (Å²) < 4.78 is 2.00. The predicted octanol–water partition coefficient (Wildman–Crippen LogP) is 1.40. The van der Waals surface area contributed by atoms with Crippen molar-refractivity contribution in [2.75, 3.05) is 0 Å². The van der Waals surface area contributed by atoms with Crippen LogP contribution in [-0.2, 0) is 11.8 Å². The highest BCUT2D eigenvalue weighted by Gasteiger charge is 2.03. The number of hydroxylamine groups is 1. The standard InChI is InChI=1S/C12H13N3O2/c1-8-13-10-7-9(4-6-12(16)14-17)3-5-11(10)15(8)2/h3-7,17H,1-2H3,(H,14,16). The summed E-state index contributed by atoms with van der Waals surface area (Å²) in [6, 6.07) is 5.74. The van der Waals surface area contributed by atoms with Gasteiger partial charge in [-0.2, -0.15) is 0 Å². The number of amides is 1. The molecule has 5 heteroatoms. The Bertz CT molecular complexity index is 599. The molecule has 1 aromatic heterocycles. The van der Waals surface area contributed by atoms with Gasteiger partial charge in [-0.25, -0.2) is 10.5 Å². The topological polar surface area (TPSA) is 67.2 Å². The van der Waals surface area contributed by atoms with Crippen molar-refractivity contribution in [1.82, 2.24) is 15.0 Å². The first-order chi connectivity index (χ1) is 8.11. The van der Waals surface area contributed by atoms with E-state index in [1.807, 2.05) is 36.7 Å². The molecule has 0 aliphatic carbocycles. The summed E-state index contributed by atoms with van der Waals surface area (Å²) in [7, 11) is 1.96. The first-order valence-corrected chi connectivity index (χ1v) is 5.17. The van der Waals surface area contributed by atoms with Crippen molar-refractivity contribution in [3.8, 4) is 0 Å². The van der Waals surface area contributed by atoms with E-state index in [2.05, 4.69) is 4.98 Å². The molecule has 0 radical (unpaired) electrons. The van der Waals surface area contributed by atoms with Crippen LogP contribution in [0, 0.1) is 6.92 Å². The number of rotatable bonds is 2. The Labute approximate surface area is 98.3 Å². The molecule has 2 N–H and O–H groups in total. The third kappa shape index (κ3) is 2.19. The highest BCUT2D eigenvalue weighted by atomic mass is 16.5. The lowest BCUT2D eigenvalue weighted by molar-refractivity contribution is -0.124. The molecule has 0 fully saturated rings. The van der Waals surface area contributed by atoms with Crippen molar-refractivity contribution in [2.45, 2.75) is 6.92 Å². The van der Waals surface area contributed by atoms with E-state index < -0.39 is 5.91 Å². The van der Waals surface area contributed by atoms with E-state index in [1.54, 1.807) is 11.6 Å². The summed E-state index contributed by atoms with van der Waals surface area (Å²) in [5.41, 5.74) is 4.33. The Hall–Kier alpha value is -2.14. The van der Waals surface area contributed by atoms with Crippen LogP contribution in [0.3, 0.4) is 0 Å². The van der Waals surface area contributed by atoms with E-state index in [9.17, 15) is 4.79 Å². The van der Waals surface area contributed by atoms with Crippen molar-refractivity contribution in [2.24, 2.45) is 7.05 Å². The number of carbonyl (C=O) groups excluding carboxylic acids is 1. The highest BCUT2D eigenvalue weighted by molar-refractivity contribution is 5.91. The lowest BCUT2D eigenvalue weighted by atomic mass is 10.2. The second-order valence-electron chi connectivity index (χ2n) is 3.78. The van der Waals surface area contributed by atoms with Crippen molar-refractivity contribution >= 4 is 23.0 Å². The first kappa shape index (κ1) is 11.3. The Morgan fingerprint density at radius 3 is 3.00 bits per heavy atom. The molecule has 5 nitrogen and oxygen atoms in total. The molecule has 2 rings (SSSR count). The molecule has 0 bridgehead atoms. The van der Waals surface area contributed by atoms with Gasteiger partial charge in [0.2, 0.25) is 0 Å². The van der Waals surface area contributed by atoms with Crippen molar-refractivity contribution in [3.05, 3.63) is 35.7 Å². The predicted molar refractivity (Wildman–Crippen MR) is 64.4 cm³/mol. The van der Waals surface area contributed by atoms with Crippen LogP contribution in [0.4, 0.5) is 0 Å². The van der Waals surface area contributed by atoms with E-state index in [0.29, 0.717) is 0 Å². The number of carbonyl (C=O) groups is 1. The quantitative estimate of drug-likeness (QED) is 0.466. The number of aryl methyl sites for hydroxylation is 2. The number of fused-ring (bicyclic) bond motifs is 1. The fourth-order valence-corrected chi connectivity index (χ4v) is 1.65. The summed E-state index contributed by atoms with van der Waals surface area (Å²) in [5.74, 6) is 0.386. The molecule has 1 heterocycles. The van der Waals surface area contributed by atoms with Crippen LogP contribution in [0.2, 0.25) is 0 Å². The molecule has 1 amide bonds. The second-order valence-corrected chi connectivity index (χ2v) is 3.78. The van der Waals surface area contributed by atoms with Gasteiger partial charge in [-0.3, -0.25) is 10.0 Å². The van der Waals surface area contributed by atoms with E-state index >= 15 is 0 Å². The zero-order valence-electron chi connectivity index (χ0n) is 9.64. The van der Waals surface area contributed by atoms with Gasteiger partial charge in [0.15, 0.2) is 0 Å². The molecule has 0 aliphatic heterocycles. The smallest absolute Gasteiger partial charge is 0.267 e. The average Bonchev–Trinajstić information content (AvgIpc) is 2.62. The zero-order valence-corrected chi connectivity index (χ0v) is 9.64. The number of hydrogen-bond donors (Lipinski definition) is 2. The van der Waals surface area contributed by atoms with Crippen LogP contribution in [-0.4, -0.2) is 20.7 Å². The molecular weight excluding hydrogens is 218 g/mol. The molecule has 17 heavy (non-hydrogen) atoms. The number of nitrogens with one attached hydrogen (secondary N) is 1. The summed E-state index contributed by atoms with van der Waals surface area (Å²) in [6.45, 7) is 1.94. The Balaban J connectivity index is 2.38. The maximum Gasteiger partial charge on any atom is 0.267 e. The zero-order chi connectivity index (χ0) is 12.4. The molecule has 88 valence electrons. The number of aromatic nitrogens is 2. The molecule has 0 unspecified atom stereocenters. The van der Waals surface area contributed by atoms with E-state index in [-0.39, 0.29) is 0 Å². The molecule has 0 saturated carbocycles. The van der Waals surface area contributed by atoms with Crippen LogP contribution in [0.1, 0.15) is 11.4 Å².